The first-order valence-corrected chi connectivity index (χ1v) is 9.70. The van der Waals surface area contributed by atoms with Crippen LogP contribution in [0.15, 0.2) is 56.9 Å². The van der Waals surface area contributed by atoms with Gasteiger partial charge in [-0.2, -0.15) is 5.10 Å². The molecule has 1 aromatic carbocycles. The Balaban J connectivity index is 1.38. The van der Waals surface area contributed by atoms with Crippen LogP contribution < -0.4 is 11.1 Å². The molecule has 1 spiro atoms. The van der Waals surface area contributed by atoms with E-state index >= 15 is 0 Å². The van der Waals surface area contributed by atoms with Gasteiger partial charge in [-0.05, 0) is 36.7 Å². The quantitative estimate of drug-likeness (QED) is 0.627. The van der Waals surface area contributed by atoms with Gasteiger partial charge in [-0.3, -0.25) is 19.1 Å². The lowest BCUT2D eigenvalue weighted by Crippen LogP contribution is -2.43. The van der Waals surface area contributed by atoms with E-state index in [1.807, 2.05) is 6.07 Å². The molecule has 29 heavy (non-hydrogen) atoms. The monoisotopic (exact) mass is 396 g/mol. The summed E-state index contributed by atoms with van der Waals surface area (Å²) < 4.78 is 21.0. The molecule has 150 valence electrons. The van der Waals surface area contributed by atoms with Crippen LogP contribution in [-0.2, 0) is 26.1 Å². The number of hydrogen-bond acceptors (Lipinski definition) is 5. The van der Waals surface area contributed by atoms with E-state index in [1.54, 1.807) is 29.2 Å². The molecule has 0 amide bonds. The minimum atomic E-state index is -0.636. The number of likely N-dealkylation sites (tertiary alicyclic amines) is 1. The molecule has 0 N–H and O–H groups in total. The molecule has 2 aliphatic heterocycles. The van der Waals surface area contributed by atoms with Gasteiger partial charge in [-0.1, -0.05) is 12.1 Å². The molecule has 2 aromatic heterocycles. The number of rotatable bonds is 4. The lowest BCUT2D eigenvalue weighted by molar-refractivity contribution is 0.246. The average Bonchev–Trinajstić information content (AvgIpc) is 3.43. The zero-order valence-corrected chi connectivity index (χ0v) is 15.9. The molecular formula is C21H21FN4O3. The molecule has 5 rings (SSSR count). The number of hydrogen-bond donors (Lipinski definition) is 0. The maximum absolute atomic E-state index is 13.1. The summed E-state index contributed by atoms with van der Waals surface area (Å²) in [6.45, 7) is 3.29. The summed E-state index contributed by atoms with van der Waals surface area (Å²) in [5, 5.41) is 4.49. The van der Waals surface area contributed by atoms with Gasteiger partial charge in [0, 0.05) is 37.0 Å². The Hall–Kier alpha value is -3.00. The number of furan rings is 1. The van der Waals surface area contributed by atoms with E-state index < -0.39 is 11.1 Å². The Kier molecular flexibility index (Phi) is 4.24. The van der Waals surface area contributed by atoms with E-state index in [-0.39, 0.29) is 17.8 Å². The highest BCUT2D eigenvalue weighted by Gasteiger charge is 2.44. The summed E-state index contributed by atoms with van der Waals surface area (Å²) in [6.07, 6.45) is 5.06. The van der Waals surface area contributed by atoms with Crippen LogP contribution in [-0.4, -0.2) is 32.3 Å². The summed E-state index contributed by atoms with van der Waals surface area (Å²) in [5.74, 6) is 0.313. The van der Waals surface area contributed by atoms with Crippen molar-refractivity contribution in [2.24, 2.45) is 5.41 Å². The summed E-state index contributed by atoms with van der Waals surface area (Å²) in [5.41, 5.74) is 0.632. The van der Waals surface area contributed by atoms with Crippen molar-refractivity contribution < 1.29 is 8.81 Å². The van der Waals surface area contributed by atoms with E-state index in [0.717, 1.165) is 37.2 Å². The molecule has 4 heterocycles. The summed E-state index contributed by atoms with van der Waals surface area (Å²) in [4.78, 5) is 27.6. The molecule has 1 saturated heterocycles. The number of halogens is 1. The number of nitrogens with zero attached hydrogens (tertiary/aromatic N) is 4. The predicted octanol–water partition coefficient (Wildman–Crippen LogP) is 1.63. The SMILES string of the molecule is O=c1c(=O)n2c(nn1Cc1ccc(F)cc1)CC1(CCN(Cc3ccoc3)C1)C2. The third-order valence-electron chi connectivity index (χ3n) is 5.99. The molecule has 1 atom stereocenters. The van der Waals surface area contributed by atoms with Gasteiger partial charge in [0.2, 0.25) is 0 Å². The Labute approximate surface area is 166 Å². The van der Waals surface area contributed by atoms with Gasteiger partial charge in [0.15, 0.2) is 0 Å². The van der Waals surface area contributed by atoms with Crippen molar-refractivity contribution >= 4 is 0 Å². The van der Waals surface area contributed by atoms with Crippen LogP contribution in [0.25, 0.3) is 0 Å². The van der Waals surface area contributed by atoms with Crippen molar-refractivity contribution in [1.29, 1.82) is 0 Å². The van der Waals surface area contributed by atoms with E-state index in [9.17, 15) is 14.0 Å². The van der Waals surface area contributed by atoms with Crippen LogP contribution >= 0.6 is 0 Å². The van der Waals surface area contributed by atoms with Gasteiger partial charge in [-0.15, -0.1) is 0 Å². The van der Waals surface area contributed by atoms with Crippen molar-refractivity contribution in [3.05, 3.63) is 86.3 Å². The fourth-order valence-electron chi connectivity index (χ4n) is 4.55. The molecule has 0 aliphatic carbocycles. The van der Waals surface area contributed by atoms with Crippen molar-refractivity contribution in [2.45, 2.75) is 32.5 Å². The molecule has 1 unspecified atom stereocenters. The van der Waals surface area contributed by atoms with Crippen LogP contribution in [0, 0.1) is 11.2 Å². The zero-order chi connectivity index (χ0) is 20.0. The third-order valence-corrected chi connectivity index (χ3v) is 5.99. The second kappa shape index (κ2) is 6.81. The van der Waals surface area contributed by atoms with E-state index in [4.69, 9.17) is 4.42 Å². The number of fused-ring (bicyclic) bond motifs is 1. The van der Waals surface area contributed by atoms with Gasteiger partial charge in [0.1, 0.15) is 11.6 Å². The smallest absolute Gasteiger partial charge is 0.332 e. The fraction of sp³-hybridized carbons (Fsp3) is 0.381. The maximum atomic E-state index is 13.1. The Morgan fingerprint density at radius 1 is 1.03 bits per heavy atom. The Bertz CT molecular complexity index is 1150. The third kappa shape index (κ3) is 3.33. The molecule has 0 bridgehead atoms. The van der Waals surface area contributed by atoms with E-state index in [2.05, 4.69) is 10.00 Å². The summed E-state index contributed by atoms with van der Waals surface area (Å²) in [7, 11) is 0. The number of aromatic nitrogens is 3. The van der Waals surface area contributed by atoms with Crippen molar-refractivity contribution in [3.8, 4) is 0 Å². The Morgan fingerprint density at radius 3 is 2.62 bits per heavy atom. The minimum absolute atomic E-state index is 0.0651. The normalized spacial score (nSPS) is 21.1. The highest BCUT2D eigenvalue weighted by molar-refractivity contribution is 5.16. The van der Waals surface area contributed by atoms with Crippen molar-refractivity contribution in [2.75, 3.05) is 13.1 Å². The van der Waals surface area contributed by atoms with Gasteiger partial charge in [-0.25, -0.2) is 9.07 Å². The highest BCUT2D eigenvalue weighted by Crippen LogP contribution is 2.39. The van der Waals surface area contributed by atoms with Crippen molar-refractivity contribution in [3.63, 3.8) is 0 Å². The largest absolute Gasteiger partial charge is 0.472 e. The van der Waals surface area contributed by atoms with Crippen LogP contribution in [0.4, 0.5) is 4.39 Å². The molecule has 1 fully saturated rings. The number of benzene rings is 1. The predicted molar refractivity (Wildman–Crippen MR) is 103 cm³/mol. The molecule has 7 nitrogen and oxygen atoms in total. The molecule has 2 aliphatic rings. The first-order chi connectivity index (χ1) is 14.0. The van der Waals surface area contributed by atoms with Gasteiger partial charge in [0.25, 0.3) is 0 Å². The summed E-state index contributed by atoms with van der Waals surface area (Å²) in [6, 6.07) is 7.83. The lowest BCUT2D eigenvalue weighted by atomic mass is 9.86. The van der Waals surface area contributed by atoms with E-state index in [0.29, 0.717) is 18.8 Å². The zero-order valence-electron chi connectivity index (χ0n) is 15.9. The van der Waals surface area contributed by atoms with Crippen LogP contribution in [0.1, 0.15) is 23.4 Å². The van der Waals surface area contributed by atoms with Gasteiger partial charge < -0.3 is 4.42 Å². The second-order valence-corrected chi connectivity index (χ2v) is 8.17. The second-order valence-electron chi connectivity index (χ2n) is 8.17. The topological polar surface area (TPSA) is 73.3 Å². The summed E-state index contributed by atoms with van der Waals surface area (Å²) >= 11 is 0. The highest BCUT2D eigenvalue weighted by atomic mass is 19.1. The Morgan fingerprint density at radius 2 is 1.86 bits per heavy atom. The van der Waals surface area contributed by atoms with Crippen LogP contribution in [0.5, 0.6) is 0 Å². The first-order valence-electron chi connectivity index (χ1n) is 9.70. The van der Waals surface area contributed by atoms with Crippen molar-refractivity contribution in [1.82, 2.24) is 19.2 Å². The molecular weight excluding hydrogens is 375 g/mol. The van der Waals surface area contributed by atoms with Gasteiger partial charge >= 0.3 is 11.1 Å². The van der Waals surface area contributed by atoms with Gasteiger partial charge in [0.05, 0.1) is 19.1 Å². The molecule has 8 heteroatoms. The van der Waals surface area contributed by atoms with E-state index in [1.165, 1.54) is 16.8 Å². The lowest BCUT2D eigenvalue weighted by Gasteiger charge is -2.22. The minimum Gasteiger partial charge on any atom is -0.472 e. The fourth-order valence-corrected chi connectivity index (χ4v) is 4.55. The standard InChI is InChI=1S/C21H21FN4O3/c22-17-3-1-15(2-4-17)11-26-20(28)19(27)25-14-21(9-18(25)23-26)6-7-24(13-21)10-16-5-8-29-12-16/h1-5,8,12H,6-7,9-11,13-14H2. The van der Waals surface area contributed by atoms with Crippen LogP contribution in [0.2, 0.25) is 0 Å². The first kappa shape index (κ1) is 18.1. The molecule has 3 aromatic rings. The molecule has 0 radical (unpaired) electrons. The molecule has 0 saturated carbocycles. The van der Waals surface area contributed by atoms with Crippen LogP contribution in [0.3, 0.4) is 0 Å². The average molecular weight is 396 g/mol. The maximum Gasteiger partial charge on any atom is 0.332 e.